The first kappa shape index (κ1) is 39.1. The van der Waals surface area contributed by atoms with Crippen LogP contribution in [0, 0.1) is 11.8 Å². The molecule has 10 nitrogen and oxygen atoms in total. The first-order chi connectivity index (χ1) is 25.2. The van der Waals surface area contributed by atoms with Crippen LogP contribution in [0.3, 0.4) is 0 Å². The predicted molar refractivity (Wildman–Crippen MR) is 211 cm³/mol. The number of nitrogens with one attached hydrogen (secondary N) is 2. The quantitative estimate of drug-likeness (QED) is 0.169. The van der Waals surface area contributed by atoms with Crippen LogP contribution in [0.5, 0.6) is 0 Å². The zero-order valence-electron chi connectivity index (χ0n) is 32.3. The Hall–Kier alpha value is -3.61. The van der Waals surface area contributed by atoms with Crippen molar-refractivity contribution in [3.63, 3.8) is 0 Å². The molecule has 1 spiro atoms. The van der Waals surface area contributed by atoms with Crippen molar-refractivity contribution in [3.8, 4) is 0 Å². The minimum Gasteiger partial charge on any atom is -0.432 e. The number of piperidine rings is 1. The first-order valence-corrected chi connectivity index (χ1v) is 22.4. The number of aliphatic hydroxyl groups excluding tert-OH is 1. The number of allylic oxidation sites excluding steroid dienone is 3. The van der Waals surface area contributed by atoms with Gasteiger partial charge in [0.1, 0.15) is 0 Å². The van der Waals surface area contributed by atoms with Crippen molar-refractivity contribution < 1.29 is 29.0 Å². The molecule has 0 aliphatic carbocycles. The Bertz CT molecular complexity index is 1760. The summed E-state index contributed by atoms with van der Waals surface area (Å²) < 4.78 is 7.03. The molecule has 0 bridgehead atoms. The van der Waals surface area contributed by atoms with E-state index in [4.69, 9.17) is 4.74 Å². The molecule has 53 heavy (non-hydrogen) atoms. The molecule has 2 aromatic carbocycles. The van der Waals surface area contributed by atoms with Crippen LogP contribution in [0.4, 0.5) is 11.4 Å². The van der Waals surface area contributed by atoms with Crippen LogP contribution in [-0.4, -0.2) is 79.2 Å². The lowest BCUT2D eigenvalue weighted by molar-refractivity contribution is -0.150. The molecule has 3 amide bonds. The van der Waals surface area contributed by atoms with E-state index in [0.29, 0.717) is 43.0 Å². The van der Waals surface area contributed by atoms with Gasteiger partial charge in [0.25, 0.3) is 5.91 Å². The zero-order chi connectivity index (χ0) is 38.1. The lowest BCUT2D eigenvalue weighted by Crippen LogP contribution is -2.48. The minimum atomic E-state index is -3.05. The highest BCUT2D eigenvalue weighted by molar-refractivity contribution is 6.71. The van der Waals surface area contributed by atoms with Crippen molar-refractivity contribution >= 4 is 37.4 Å². The zero-order valence-corrected chi connectivity index (χ0v) is 33.3. The summed E-state index contributed by atoms with van der Waals surface area (Å²) >= 11 is 0. The predicted octanol–water partition coefficient (Wildman–Crippen LogP) is 5.80. The Morgan fingerprint density at radius 1 is 1.11 bits per heavy atom. The molecule has 2 fully saturated rings. The lowest BCUT2D eigenvalue weighted by Gasteiger charge is -2.37. The Kier molecular flexibility index (Phi) is 11.8. The topological polar surface area (TPSA) is 131 Å². The van der Waals surface area contributed by atoms with Gasteiger partial charge in [0, 0.05) is 42.3 Å². The summed E-state index contributed by atoms with van der Waals surface area (Å²) in [7, 11) is -3.05. The van der Waals surface area contributed by atoms with Gasteiger partial charge in [-0.05, 0) is 102 Å². The van der Waals surface area contributed by atoms with E-state index >= 15 is 4.79 Å². The van der Waals surface area contributed by atoms with Crippen LogP contribution >= 0.6 is 0 Å². The Morgan fingerprint density at radius 3 is 2.55 bits per heavy atom. The maximum absolute atomic E-state index is 15.0. The molecular weight excluding hydrogens is 685 g/mol. The number of carbonyl (C=O) groups excluding carboxylic acids is 3. The molecule has 2 aromatic rings. The van der Waals surface area contributed by atoms with Gasteiger partial charge in [-0.25, -0.2) is 0 Å². The van der Waals surface area contributed by atoms with E-state index in [9.17, 15) is 19.5 Å². The van der Waals surface area contributed by atoms with Crippen molar-refractivity contribution in [2.45, 2.75) is 109 Å². The van der Waals surface area contributed by atoms with Crippen LogP contribution in [0.2, 0.25) is 18.6 Å². The highest BCUT2D eigenvalue weighted by Crippen LogP contribution is 2.60. The highest BCUT2D eigenvalue weighted by atomic mass is 28.4. The van der Waals surface area contributed by atoms with E-state index in [1.54, 1.807) is 9.80 Å². The summed E-state index contributed by atoms with van der Waals surface area (Å²) in [4.78, 5) is 58.0. The SMILES string of the molecule is CC(C)=CCC/C(C)=C/CN1C(=O)[C@@]2(O[C@@H](CC(=O)N3Cc4ccccc4C[C@H]3CO)[C@H]([Si](C)(C)O)[C@H]2C)c2cc(NC(=O)C3CCCNC3)ccc21. The summed E-state index contributed by atoms with van der Waals surface area (Å²) in [5, 5.41) is 16.8. The molecule has 4 aliphatic heterocycles. The molecule has 4 heterocycles. The van der Waals surface area contributed by atoms with Gasteiger partial charge in [-0.3, -0.25) is 14.4 Å². The second-order valence-electron chi connectivity index (χ2n) is 16.4. The van der Waals surface area contributed by atoms with E-state index in [-0.39, 0.29) is 42.7 Å². The van der Waals surface area contributed by atoms with Gasteiger partial charge in [0.05, 0.1) is 36.8 Å². The third-order valence-corrected chi connectivity index (χ3v) is 14.4. The number of benzene rings is 2. The number of anilines is 2. The van der Waals surface area contributed by atoms with Crippen molar-refractivity contribution in [2.24, 2.45) is 11.8 Å². The molecule has 4 aliphatic rings. The molecule has 0 radical (unpaired) electrons. The number of fused-ring (bicyclic) bond motifs is 3. The van der Waals surface area contributed by atoms with Crippen molar-refractivity contribution in [1.29, 1.82) is 0 Å². The number of amides is 3. The molecule has 1 unspecified atom stereocenters. The maximum Gasteiger partial charge on any atom is 0.264 e. The Balaban J connectivity index is 1.34. The fourth-order valence-corrected chi connectivity index (χ4v) is 11.7. The molecular formula is C42H58N4O6Si. The average molecular weight is 743 g/mol. The number of nitrogens with zero attached hydrogens (tertiary/aromatic N) is 2. The number of carbonyl (C=O) groups is 3. The monoisotopic (exact) mass is 742 g/mol. The third kappa shape index (κ3) is 7.96. The van der Waals surface area contributed by atoms with Crippen LogP contribution in [0.1, 0.15) is 76.5 Å². The number of hydrogen-bond acceptors (Lipinski definition) is 7. The van der Waals surface area contributed by atoms with Crippen LogP contribution in [0.15, 0.2) is 65.8 Å². The molecule has 6 rings (SSSR count). The van der Waals surface area contributed by atoms with E-state index in [2.05, 4.69) is 43.6 Å². The van der Waals surface area contributed by atoms with Gasteiger partial charge in [0.2, 0.25) is 11.8 Å². The van der Waals surface area contributed by atoms with Gasteiger partial charge < -0.3 is 35.1 Å². The highest BCUT2D eigenvalue weighted by Gasteiger charge is 2.66. The number of aliphatic hydroxyl groups is 1. The van der Waals surface area contributed by atoms with Gasteiger partial charge in [0.15, 0.2) is 13.9 Å². The van der Waals surface area contributed by atoms with Gasteiger partial charge >= 0.3 is 0 Å². The van der Waals surface area contributed by atoms with Crippen LogP contribution < -0.4 is 15.5 Å². The third-order valence-electron chi connectivity index (χ3n) is 11.9. The second kappa shape index (κ2) is 16.0. The fraction of sp³-hybridized carbons (Fsp3) is 0.548. The van der Waals surface area contributed by atoms with Gasteiger partial charge in [-0.1, -0.05) is 54.5 Å². The molecule has 6 atom stereocenters. The standard InChI is InChI=1S/C42H58N4O6Si/c1-27(2)11-9-12-28(3)18-20-45-36-17-16-33(44-40(49)31-15-10-19-43-24-31)22-35(36)42(41(45)50)29(4)39(53(5,6)51)37(52-42)23-38(48)46-25-32-14-8-7-13-30(32)21-34(46)26-47/h7-8,11,13-14,16-18,22,29,31,34,37,39,43,47,51H,9-10,12,15,19-21,23-26H2,1-6H3,(H,44,49)/b28-18+/t29-,31?,34+,37+,39-,42+/m1/s1. The van der Waals surface area contributed by atoms with Crippen LogP contribution in [0.25, 0.3) is 0 Å². The normalized spacial score (nSPS) is 27.1. The number of ether oxygens (including phenoxy) is 1. The van der Waals surface area contributed by atoms with Crippen molar-refractivity contribution in [2.75, 3.05) is 36.5 Å². The lowest BCUT2D eigenvalue weighted by atomic mass is 9.82. The Labute approximate surface area is 315 Å². The number of rotatable bonds is 11. The Morgan fingerprint density at radius 2 is 1.87 bits per heavy atom. The largest absolute Gasteiger partial charge is 0.432 e. The van der Waals surface area contributed by atoms with Gasteiger partial charge in [-0.15, -0.1) is 0 Å². The molecule has 0 saturated carbocycles. The van der Waals surface area contributed by atoms with Crippen molar-refractivity contribution in [3.05, 3.63) is 82.5 Å². The molecule has 11 heteroatoms. The summed E-state index contributed by atoms with van der Waals surface area (Å²) in [6.45, 7) is 14.0. The fourth-order valence-electron chi connectivity index (χ4n) is 9.13. The second-order valence-corrected chi connectivity index (χ2v) is 20.4. The molecule has 286 valence electrons. The number of hydrogen-bond donors (Lipinski definition) is 4. The summed E-state index contributed by atoms with van der Waals surface area (Å²) in [6, 6.07) is 13.2. The summed E-state index contributed by atoms with van der Waals surface area (Å²) in [5.41, 5.74) is 4.68. The minimum absolute atomic E-state index is 0.0243. The summed E-state index contributed by atoms with van der Waals surface area (Å²) in [6.07, 6.45) is 7.66. The molecule has 4 N–H and O–H groups in total. The van der Waals surface area contributed by atoms with Gasteiger partial charge in [-0.2, -0.15) is 0 Å². The van der Waals surface area contributed by atoms with Crippen LogP contribution in [-0.2, 0) is 37.7 Å². The van der Waals surface area contributed by atoms with E-state index in [0.717, 1.165) is 43.4 Å². The van der Waals surface area contributed by atoms with Crippen molar-refractivity contribution in [1.82, 2.24) is 10.2 Å². The van der Waals surface area contributed by atoms with E-state index in [1.807, 2.05) is 62.5 Å². The van der Waals surface area contributed by atoms with E-state index in [1.165, 1.54) is 11.1 Å². The maximum atomic E-state index is 15.0. The summed E-state index contributed by atoms with van der Waals surface area (Å²) in [5.74, 6) is -1.05. The smallest absolute Gasteiger partial charge is 0.264 e. The molecule has 0 aromatic heterocycles. The van der Waals surface area contributed by atoms with E-state index < -0.39 is 31.5 Å². The first-order valence-electron chi connectivity index (χ1n) is 19.4. The molecule has 2 saturated heterocycles. The average Bonchev–Trinajstić information content (AvgIpc) is 3.55.